The Hall–Kier alpha value is -1.43. The Kier molecular flexibility index (Phi) is 5.62. The quantitative estimate of drug-likeness (QED) is 0.609. The van der Waals surface area contributed by atoms with Crippen molar-refractivity contribution < 1.29 is 19.7 Å². The molecule has 0 aliphatic rings. The summed E-state index contributed by atoms with van der Waals surface area (Å²) >= 11 is 0. The third-order valence-electron chi connectivity index (χ3n) is 2.33. The second-order valence-corrected chi connectivity index (χ2v) is 3.77. The van der Waals surface area contributed by atoms with E-state index in [0.717, 1.165) is 5.56 Å². The number of nitrogens with two attached hydrogens (primary N) is 1. The molecule has 94 valence electrons. The summed E-state index contributed by atoms with van der Waals surface area (Å²) in [5, 5.41) is 18.0. The largest absolute Gasteiger partial charge is 0.480 e. The van der Waals surface area contributed by atoms with E-state index in [-0.39, 0.29) is 12.8 Å². The van der Waals surface area contributed by atoms with Crippen LogP contribution in [-0.2, 0) is 16.1 Å². The summed E-state index contributed by atoms with van der Waals surface area (Å²) in [5.41, 5.74) is 6.26. The lowest BCUT2D eigenvalue weighted by molar-refractivity contribution is -0.140. The normalized spacial score (nSPS) is 14.2. The molecule has 1 rings (SSSR count). The lowest BCUT2D eigenvalue weighted by Crippen LogP contribution is -2.31. The predicted octanol–water partition coefficient (Wildman–Crippen LogP) is 0.714. The number of hydrogen-bond donors (Lipinski definition) is 3. The van der Waals surface area contributed by atoms with Gasteiger partial charge in [-0.1, -0.05) is 30.3 Å². The summed E-state index contributed by atoms with van der Waals surface area (Å²) in [4.78, 5) is 10.4. The molecule has 0 saturated carbocycles. The molecule has 0 heterocycles. The van der Waals surface area contributed by atoms with Gasteiger partial charge in [0.2, 0.25) is 0 Å². The predicted molar refractivity (Wildman–Crippen MR) is 62.1 cm³/mol. The first kappa shape index (κ1) is 13.6. The molecule has 2 atom stereocenters. The number of benzene rings is 1. The summed E-state index contributed by atoms with van der Waals surface area (Å²) in [6, 6.07) is 8.47. The maximum Gasteiger partial charge on any atom is 0.320 e. The van der Waals surface area contributed by atoms with Gasteiger partial charge in [0, 0.05) is 6.42 Å². The number of carboxylic acid groups (broad SMARTS) is 1. The smallest absolute Gasteiger partial charge is 0.320 e. The zero-order valence-corrected chi connectivity index (χ0v) is 9.45. The van der Waals surface area contributed by atoms with Gasteiger partial charge < -0.3 is 20.7 Å². The highest BCUT2D eigenvalue weighted by atomic mass is 16.6. The van der Waals surface area contributed by atoms with Crippen molar-refractivity contribution in [2.75, 3.05) is 0 Å². The number of hydrogen-bond acceptors (Lipinski definition) is 4. The fraction of sp³-hybridized carbons (Fsp3) is 0.417. The van der Waals surface area contributed by atoms with Crippen molar-refractivity contribution >= 4 is 5.97 Å². The zero-order chi connectivity index (χ0) is 12.7. The van der Waals surface area contributed by atoms with E-state index >= 15 is 0 Å². The van der Waals surface area contributed by atoms with E-state index < -0.39 is 18.3 Å². The van der Waals surface area contributed by atoms with E-state index in [1.54, 1.807) is 0 Å². The minimum Gasteiger partial charge on any atom is -0.480 e. The Labute approximate surface area is 99.8 Å². The van der Waals surface area contributed by atoms with Crippen molar-refractivity contribution in [1.82, 2.24) is 0 Å². The van der Waals surface area contributed by atoms with Crippen molar-refractivity contribution in [3.05, 3.63) is 35.9 Å². The summed E-state index contributed by atoms with van der Waals surface area (Å²) in [5.74, 6) is -1.07. The second kappa shape index (κ2) is 7.01. The molecular formula is C12H17NO4. The summed E-state index contributed by atoms with van der Waals surface area (Å²) < 4.78 is 5.17. The van der Waals surface area contributed by atoms with Crippen LogP contribution in [0.5, 0.6) is 0 Å². The molecule has 0 radical (unpaired) electrons. The standard InChI is InChI=1S/C12H17NO4/c13-10(12(15)16)6-7-11(14)17-8-9-4-2-1-3-5-9/h1-5,10-11,14H,6-8,13H2,(H,15,16)/t10-,11?/m0/s1. The molecule has 5 nitrogen and oxygen atoms in total. The van der Waals surface area contributed by atoms with Gasteiger partial charge in [0.05, 0.1) is 6.61 Å². The molecule has 0 bridgehead atoms. The van der Waals surface area contributed by atoms with Gasteiger partial charge in [0.1, 0.15) is 6.04 Å². The van der Waals surface area contributed by atoms with Crippen LogP contribution in [-0.4, -0.2) is 28.5 Å². The molecule has 0 saturated heterocycles. The lowest BCUT2D eigenvalue weighted by atomic mass is 10.1. The average Bonchev–Trinajstić information content (AvgIpc) is 2.34. The first-order valence-corrected chi connectivity index (χ1v) is 5.41. The van der Waals surface area contributed by atoms with Crippen LogP contribution in [0.4, 0.5) is 0 Å². The highest BCUT2D eigenvalue weighted by Gasteiger charge is 2.14. The summed E-state index contributed by atoms with van der Waals surface area (Å²) in [7, 11) is 0. The topological polar surface area (TPSA) is 92.8 Å². The Balaban J connectivity index is 2.22. The van der Waals surface area contributed by atoms with Gasteiger partial charge in [-0.2, -0.15) is 0 Å². The third kappa shape index (κ3) is 5.44. The Morgan fingerprint density at radius 3 is 2.53 bits per heavy atom. The van der Waals surface area contributed by atoms with Gasteiger partial charge in [0.25, 0.3) is 0 Å². The average molecular weight is 239 g/mol. The molecule has 0 fully saturated rings. The molecule has 17 heavy (non-hydrogen) atoms. The Morgan fingerprint density at radius 1 is 1.29 bits per heavy atom. The van der Waals surface area contributed by atoms with E-state index in [9.17, 15) is 9.90 Å². The fourth-order valence-corrected chi connectivity index (χ4v) is 1.30. The van der Waals surface area contributed by atoms with Crippen LogP contribution in [0.3, 0.4) is 0 Å². The van der Waals surface area contributed by atoms with Crippen LogP contribution < -0.4 is 5.73 Å². The molecule has 1 aromatic rings. The van der Waals surface area contributed by atoms with Crippen molar-refractivity contribution in [2.45, 2.75) is 31.8 Å². The van der Waals surface area contributed by atoms with Crippen LogP contribution in [0.25, 0.3) is 0 Å². The van der Waals surface area contributed by atoms with Crippen molar-refractivity contribution in [1.29, 1.82) is 0 Å². The number of carbonyl (C=O) groups is 1. The number of rotatable bonds is 7. The summed E-state index contributed by atoms with van der Waals surface area (Å²) in [6.45, 7) is 0.296. The van der Waals surface area contributed by atoms with Gasteiger partial charge in [-0.3, -0.25) is 4.79 Å². The molecule has 1 aromatic carbocycles. The van der Waals surface area contributed by atoms with E-state index in [2.05, 4.69) is 0 Å². The van der Waals surface area contributed by atoms with Gasteiger partial charge in [-0.05, 0) is 12.0 Å². The molecule has 1 unspecified atom stereocenters. The molecule has 0 amide bonds. The number of aliphatic carboxylic acids is 1. The number of carboxylic acids is 1. The SMILES string of the molecule is N[C@@H](CCC(O)OCc1ccccc1)C(=O)O. The monoisotopic (exact) mass is 239 g/mol. The highest BCUT2D eigenvalue weighted by Crippen LogP contribution is 2.06. The van der Waals surface area contributed by atoms with Crippen LogP contribution >= 0.6 is 0 Å². The molecule has 0 spiro atoms. The van der Waals surface area contributed by atoms with E-state index in [0.29, 0.717) is 6.61 Å². The van der Waals surface area contributed by atoms with Crippen molar-refractivity contribution in [3.63, 3.8) is 0 Å². The Bertz CT molecular complexity index is 342. The second-order valence-electron chi connectivity index (χ2n) is 3.77. The number of ether oxygens (including phenoxy) is 1. The Morgan fingerprint density at radius 2 is 1.94 bits per heavy atom. The van der Waals surface area contributed by atoms with Crippen LogP contribution in [0.15, 0.2) is 30.3 Å². The molecule has 4 N–H and O–H groups in total. The van der Waals surface area contributed by atoms with E-state index in [4.69, 9.17) is 15.6 Å². The number of aliphatic hydroxyl groups is 1. The number of aliphatic hydroxyl groups excluding tert-OH is 1. The molecule has 0 aliphatic heterocycles. The van der Waals surface area contributed by atoms with Gasteiger partial charge in [0.15, 0.2) is 6.29 Å². The van der Waals surface area contributed by atoms with Gasteiger partial charge in [-0.15, -0.1) is 0 Å². The van der Waals surface area contributed by atoms with Gasteiger partial charge in [-0.25, -0.2) is 0 Å². The first-order chi connectivity index (χ1) is 8.09. The van der Waals surface area contributed by atoms with Crippen LogP contribution in [0.1, 0.15) is 18.4 Å². The highest BCUT2D eigenvalue weighted by molar-refractivity contribution is 5.72. The zero-order valence-electron chi connectivity index (χ0n) is 9.45. The molecule has 5 heteroatoms. The lowest BCUT2D eigenvalue weighted by Gasteiger charge is -2.13. The van der Waals surface area contributed by atoms with Crippen LogP contribution in [0, 0.1) is 0 Å². The maximum atomic E-state index is 10.4. The van der Waals surface area contributed by atoms with Gasteiger partial charge >= 0.3 is 5.97 Å². The maximum absolute atomic E-state index is 10.4. The van der Waals surface area contributed by atoms with E-state index in [1.165, 1.54) is 0 Å². The molecular weight excluding hydrogens is 222 g/mol. The fourth-order valence-electron chi connectivity index (χ4n) is 1.30. The van der Waals surface area contributed by atoms with Crippen molar-refractivity contribution in [3.8, 4) is 0 Å². The van der Waals surface area contributed by atoms with E-state index in [1.807, 2.05) is 30.3 Å². The minimum absolute atomic E-state index is 0.186. The summed E-state index contributed by atoms with van der Waals surface area (Å²) in [6.07, 6.45) is -0.591. The first-order valence-electron chi connectivity index (χ1n) is 5.41. The molecule has 0 aromatic heterocycles. The minimum atomic E-state index is -1.07. The van der Waals surface area contributed by atoms with Crippen molar-refractivity contribution in [2.24, 2.45) is 5.73 Å². The van der Waals surface area contributed by atoms with Crippen LogP contribution in [0.2, 0.25) is 0 Å². The third-order valence-corrected chi connectivity index (χ3v) is 2.33. The molecule has 0 aliphatic carbocycles.